The Kier molecular flexibility index (Phi) is 4.57. The molecule has 124 valence electrons. The average Bonchev–Trinajstić information content (AvgIpc) is 2.83. The number of hydrogen-bond donors (Lipinski definition) is 1. The van der Waals surface area contributed by atoms with Gasteiger partial charge in [0, 0.05) is 12.8 Å². The fourth-order valence-corrected chi connectivity index (χ4v) is 2.72. The highest BCUT2D eigenvalue weighted by atomic mass is 19.1. The van der Waals surface area contributed by atoms with Crippen LogP contribution in [0.3, 0.4) is 0 Å². The van der Waals surface area contributed by atoms with E-state index in [2.05, 4.69) is 5.32 Å². The summed E-state index contributed by atoms with van der Waals surface area (Å²) >= 11 is 0. The molecule has 0 radical (unpaired) electrons. The van der Waals surface area contributed by atoms with Gasteiger partial charge in [-0.3, -0.25) is 9.59 Å². The standard InChI is InChI=1S/C18H17FN2O3/c1-24-11-12-3-2-4-14(9-12)20-16-10-17(22)21(18(16)23)15-7-5-13(19)6-8-15/h2-9,16,20H,10-11H2,1H3/t16-/m1/s1. The highest BCUT2D eigenvalue weighted by Gasteiger charge is 2.39. The summed E-state index contributed by atoms with van der Waals surface area (Å²) in [6, 6.07) is 12.1. The van der Waals surface area contributed by atoms with E-state index in [1.54, 1.807) is 7.11 Å². The Balaban J connectivity index is 1.76. The summed E-state index contributed by atoms with van der Waals surface area (Å²) in [5.74, 6) is -1.07. The van der Waals surface area contributed by atoms with Crippen molar-refractivity contribution < 1.29 is 18.7 Å². The molecule has 0 spiro atoms. The zero-order valence-electron chi connectivity index (χ0n) is 13.2. The lowest BCUT2D eigenvalue weighted by Crippen LogP contribution is -2.34. The van der Waals surface area contributed by atoms with Crippen LogP contribution in [0.25, 0.3) is 0 Å². The lowest BCUT2D eigenvalue weighted by molar-refractivity contribution is -0.121. The second kappa shape index (κ2) is 6.80. The molecule has 1 aliphatic heterocycles. The van der Waals surface area contributed by atoms with Crippen LogP contribution in [-0.4, -0.2) is 25.0 Å². The Bertz CT molecular complexity index is 761. The van der Waals surface area contributed by atoms with Gasteiger partial charge < -0.3 is 10.1 Å². The topological polar surface area (TPSA) is 58.6 Å². The molecule has 3 rings (SSSR count). The number of nitrogens with zero attached hydrogens (tertiary/aromatic N) is 1. The molecule has 1 N–H and O–H groups in total. The maximum absolute atomic E-state index is 13.0. The molecule has 2 aromatic rings. The third-order valence-electron chi connectivity index (χ3n) is 3.81. The van der Waals surface area contributed by atoms with Crippen molar-refractivity contribution in [1.82, 2.24) is 0 Å². The normalized spacial score (nSPS) is 17.4. The Morgan fingerprint density at radius 1 is 1.21 bits per heavy atom. The van der Waals surface area contributed by atoms with E-state index < -0.39 is 11.9 Å². The van der Waals surface area contributed by atoms with Crippen molar-refractivity contribution in [3.8, 4) is 0 Å². The van der Waals surface area contributed by atoms with E-state index in [0.29, 0.717) is 12.3 Å². The van der Waals surface area contributed by atoms with E-state index in [0.717, 1.165) is 16.2 Å². The summed E-state index contributed by atoms with van der Waals surface area (Å²) in [7, 11) is 1.61. The van der Waals surface area contributed by atoms with Gasteiger partial charge >= 0.3 is 0 Å². The van der Waals surface area contributed by atoms with Crippen molar-refractivity contribution in [2.75, 3.05) is 17.3 Å². The molecule has 0 unspecified atom stereocenters. The first kappa shape index (κ1) is 16.1. The molecule has 6 heteroatoms. The molecule has 1 aliphatic rings. The summed E-state index contributed by atoms with van der Waals surface area (Å²) < 4.78 is 18.1. The van der Waals surface area contributed by atoms with Crippen molar-refractivity contribution in [3.63, 3.8) is 0 Å². The Morgan fingerprint density at radius 2 is 1.96 bits per heavy atom. The molecule has 5 nitrogen and oxygen atoms in total. The number of amides is 2. The molecule has 24 heavy (non-hydrogen) atoms. The van der Waals surface area contributed by atoms with Crippen molar-refractivity contribution in [2.45, 2.75) is 19.1 Å². The maximum atomic E-state index is 13.0. The molecule has 2 aromatic carbocycles. The average molecular weight is 328 g/mol. The van der Waals surface area contributed by atoms with Crippen LogP contribution in [0.5, 0.6) is 0 Å². The van der Waals surface area contributed by atoms with Crippen LogP contribution in [0.1, 0.15) is 12.0 Å². The molecule has 1 heterocycles. The van der Waals surface area contributed by atoms with E-state index in [1.165, 1.54) is 24.3 Å². The molecule has 0 aromatic heterocycles. The first-order valence-corrected chi connectivity index (χ1v) is 7.55. The van der Waals surface area contributed by atoms with E-state index in [4.69, 9.17) is 4.74 Å². The first-order valence-electron chi connectivity index (χ1n) is 7.55. The first-order chi connectivity index (χ1) is 11.6. The number of carbonyl (C=O) groups excluding carboxylic acids is 2. The van der Waals surface area contributed by atoms with Gasteiger partial charge in [-0.1, -0.05) is 12.1 Å². The van der Waals surface area contributed by atoms with Gasteiger partial charge in [0.2, 0.25) is 5.91 Å². The quantitative estimate of drug-likeness (QED) is 0.858. The molecule has 1 saturated heterocycles. The van der Waals surface area contributed by atoms with E-state index in [9.17, 15) is 14.0 Å². The molecule has 0 bridgehead atoms. The Morgan fingerprint density at radius 3 is 2.67 bits per heavy atom. The number of methoxy groups -OCH3 is 1. The molecular formula is C18H17FN2O3. The van der Waals surface area contributed by atoms with Gasteiger partial charge in [-0.15, -0.1) is 0 Å². The number of halogens is 1. The van der Waals surface area contributed by atoms with Crippen LogP contribution >= 0.6 is 0 Å². The minimum absolute atomic E-state index is 0.0602. The minimum Gasteiger partial charge on any atom is -0.380 e. The maximum Gasteiger partial charge on any atom is 0.256 e. The smallest absolute Gasteiger partial charge is 0.256 e. The van der Waals surface area contributed by atoms with Gasteiger partial charge in [-0.25, -0.2) is 9.29 Å². The van der Waals surface area contributed by atoms with Crippen LogP contribution in [0, 0.1) is 5.82 Å². The highest BCUT2D eigenvalue weighted by Crippen LogP contribution is 2.25. The second-order valence-electron chi connectivity index (χ2n) is 5.58. The van der Waals surface area contributed by atoms with Crippen molar-refractivity contribution >= 4 is 23.2 Å². The SMILES string of the molecule is COCc1cccc(N[C@@H]2CC(=O)N(c3ccc(F)cc3)C2=O)c1. The number of benzene rings is 2. The van der Waals surface area contributed by atoms with Gasteiger partial charge in [0.25, 0.3) is 5.91 Å². The molecule has 1 fully saturated rings. The zero-order valence-corrected chi connectivity index (χ0v) is 13.2. The number of carbonyl (C=O) groups is 2. The molecule has 2 amide bonds. The lowest BCUT2D eigenvalue weighted by atomic mass is 10.2. The predicted octanol–water partition coefficient (Wildman–Crippen LogP) is 2.72. The number of imide groups is 1. The third kappa shape index (κ3) is 3.28. The van der Waals surface area contributed by atoms with Crippen molar-refractivity contribution in [2.24, 2.45) is 0 Å². The summed E-state index contributed by atoms with van der Waals surface area (Å²) in [5.41, 5.74) is 2.09. The van der Waals surface area contributed by atoms with Crippen molar-refractivity contribution in [3.05, 3.63) is 59.9 Å². The van der Waals surface area contributed by atoms with Crippen LogP contribution in [0.2, 0.25) is 0 Å². The molecular weight excluding hydrogens is 311 g/mol. The zero-order chi connectivity index (χ0) is 17.1. The Hall–Kier alpha value is -2.73. The van der Waals surface area contributed by atoms with Crippen LogP contribution in [-0.2, 0) is 20.9 Å². The predicted molar refractivity (Wildman–Crippen MR) is 88.1 cm³/mol. The fraction of sp³-hybridized carbons (Fsp3) is 0.222. The molecule has 0 saturated carbocycles. The number of anilines is 2. The third-order valence-corrected chi connectivity index (χ3v) is 3.81. The van der Waals surface area contributed by atoms with Crippen LogP contribution in [0.15, 0.2) is 48.5 Å². The van der Waals surface area contributed by atoms with E-state index in [1.807, 2.05) is 24.3 Å². The van der Waals surface area contributed by atoms with Gasteiger partial charge in [-0.05, 0) is 42.0 Å². The fourth-order valence-electron chi connectivity index (χ4n) is 2.72. The Labute approximate surface area is 139 Å². The second-order valence-corrected chi connectivity index (χ2v) is 5.58. The highest BCUT2D eigenvalue weighted by molar-refractivity contribution is 6.23. The van der Waals surface area contributed by atoms with Crippen LogP contribution < -0.4 is 10.2 Å². The number of rotatable bonds is 5. The van der Waals surface area contributed by atoms with Crippen molar-refractivity contribution in [1.29, 1.82) is 0 Å². The van der Waals surface area contributed by atoms with E-state index >= 15 is 0 Å². The molecule has 0 aliphatic carbocycles. The van der Waals surface area contributed by atoms with Gasteiger partial charge in [0.1, 0.15) is 11.9 Å². The summed E-state index contributed by atoms with van der Waals surface area (Å²) in [6.45, 7) is 0.467. The van der Waals surface area contributed by atoms with Gasteiger partial charge in [0.05, 0.1) is 18.7 Å². The number of ether oxygens (including phenoxy) is 1. The largest absolute Gasteiger partial charge is 0.380 e. The van der Waals surface area contributed by atoms with E-state index in [-0.39, 0.29) is 18.2 Å². The lowest BCUT2D eigenvalue weighted by Gasteiger charge is -2.16. The minimum atomic E-state index is -0.639. The number of hydrogen-bond acceptors (Lipinski definition) is 4. The monoisotopic (exact) mass is 328 g/mol. The summed E-state index contributed by atoms with van der Waals surface area (Å²) in [4.78, 5) is 25.8. The van der Waals surface area contributed by atoms with Crippen LogP contribution in [0.4, 0.5) is 15.8 Å². The number of nitrogens with one attached hydrogen (secondary N) is 1. The van der Waals surface area contributed by atoms with Gasteiger partial charge in [0.15, 0.2) is 0 Å². The van der Waals surface area contributed by atoms with Gasteiger partial charge in [-0.2, -0.15) is 0 Å². The molecule has 1 atom stereocenters. The summed E-state index contributed by atoms with van der Waals surface area (Å²) in [5, 5.41) is 3.09. The summed E-state index contributed by atoms with van der Waals surface area (Å²) in [6.07, 6.45) is 0.0602.